The van der Waals surface area contributed by atoms with Crippen LogP contribution in [0, 0.1) is 0 Å². The highest BCUT2D eigenvalue weighted by atomic mass is 35.5. The van der Waals surface area contributed by atoms with Crippen molar-refractivity contribution in [3.05, 3.63) is 58.6 Å². The molecule has 0 bridgehead atoms. The largest absolute Gasteiger partial charge is 0.490 e. The Labute approximate surface area is 173 Å². The number of nitrogens with two attached hydrogens (primary N) is 1. The first-order valence-electron chi connectivity index (χ1n) is 8.94. The molecule has 1 aliphatic rings. The summed E-state index contributed by atoms with van der Waals surface area (Å²) < 4.78 is 11.0. The van der Waals surface area contributed by atoms with Gasteiger partial charge in [-0.15, -0.1) is 0 Å². The summed E-state index contributed by atoms with van der Waals surface area (Å²) >= 11 is 5.91. The molecule has 7 nitrogen and oxygen atoms in total. The highest BCUT2D eigenvalue weighted by Gasteiger charge is 2.28. The third-order valence-electron chi connectivity index (χ3n) is 4.08. The Hall–Kier alpha value is -3.32. The molecule has 0 aromatic heterocycles. The number of nitrogens with zero attached hydrogens (tertiary/aromatic N) is 2. The molecule has 2 N–H and O–H groups in total. The summed E-state index contributed by atoms with van der Waals surface area (Å²) in [6, 6.07) is 12.0. The Morgan fingerprint density at radius 2 is 1.90 bits per heavy atom. The number of halogens is 1. The van der Waals surface area contributed by atoms with Crippen molar-refractivity contribution in [3.63, 3.8) is 0 Å². The van der Waals surface area contributed by atoms with E-state index in [1.54, 1.807) is 55.5 Å². The first-order valence-corrected chi connectivity index (χ1v) is 9.32. The predicted molar refractivity (Wildman–Crippen MR) is 112 cm³/mol. The fourth-order valence-corrected chi connectivity index (χ4v) is 2.89. The number of hydrogen-bond acceptors (Lipinski definition) is 5. The molecule has 8 heteroatoms. The molecule has 0 atom stereocenters. The van der Waals surface area contributed by atoms with E-state index in [0.717, 1.165) is 5.56 Å². The highest BCUT2D eigenvalue weighted by Crippen LogP contribution is 2.31. The maximum Gasteiger partial charge on any atom is 0.280 e. The van der Waals surface area contributed by atoms with Crippen molar-refractivity contribution < 1.29 is 19.1 Å². The maximum absolute atomic E-state index is 12.9. The van der Waals surface area contributed by atoms with Crippen LogP contribution in [-0.2, 0) is 9.59 Å². The molecular weight excluding hydrogens is 394 g/mol. The minimum Gasteiger partial charge on any atom is -0.490 e. The van der Waals surface area contributed by atoms with E-state index in [2.05, 4.69) is 5.10 Å². The van der Waals surface area contributed by atoms with Crippen molar-refractivity contribution in [1.82, 2.24) is 0 Å². The van der Waals surface area contributed by atoms with Gasteiger partial charge in [0.05, 0.1) is 23.6 Å². The number of anilines is 1. The van der Waals surface area contributed by atoms with E-state index >= 15 is 0 Å². The first-order chi connectivity index (χ1) is 13.9. The van der Waals surface area contributed by atoms with Crippen LogP contribution in [-0.4, -0.2) is 30.7 Å². The van der Waals surface area contributed by atoms with Gasteiger partial charge in [-0.1, -0.05) is 17.7 Å². The second-order valence-electron chi connectivity index (χ2n) is 6.23. The zero-order chi connectivity index (χ0) is 21.0. The van der Waals surface area contributed by atoms with E-state index < -0.39 is 5.91 Å². The Morgan fingerprint density at radius 1 is 1.17 bits per heavy atom. The zero-order valence-electron chi connectivity index (χ0n) is 16.0. The summed E-state index contributed by atoms with van der Waals surface area (Å²) in [5.74, 6) is 0.0394. The molecule has 1 aliphatic heterocycles. The summed E-state index contributed by atoms with van der Waals surface area (Å²) in [4.78, 5) is 23.8. The minimum atomic E-state index is -0.579. The molecule has 0 saturated carbocycles. The van der Waals surface area contributed by atoms with Gasteiger partial charge >= 0.3 is 0 Å². The lowest BCUT2D eigenvalue weighted by Gasteiger charge is -2.12. The quantitative estimate of drug-likeness (QED) is 0.704. The van der Waals surface area contributed by atoms with Crippen LogP contribution in [0.1, 0.15) is 19.4 Å². The third kappa shape index (κ3) is 4.75. The van der Waals surface area contributed by atoms with Gasteiger partial charge in [0.1, 0.15) is 0 Å². The van der Waals surface area contributed by atoms with Crippen molar-refractivity contribution >= 4 is 40.9 Å². The number of ether oxygens (including phenoxy) is 2. The predicted octanol–water partition coefficient (Wildman–Crippen LogP) is 3.41. The zero-order valence-corrected chi connectivity index (χ0v) is 16.8. The number of amides is 2. The van der Waals surface area contributed by atoms with Gasteiger partial charge in [-0.2, -0.15) is 10.1 Å². The van der Waals surface area contributed by atoms with E-state index in [-0.39, 0.29) is 12.5 Å². The van der Waals surface area contributed by atoms with E-state index in [9.17, 15) is 9.59 Å². The van der Waals surface area contributed by atoms with Crippen LogP contribution in [0.2, 0.25) is 5.02 Å². The van der Waals surface area contributed by atoms with Crippen LogP contribution in [0.15, 0.2) is 53.1 Å². The molecule has 0 saturated heterocycles. The van der Waals surface area contributed by atoms with Gasteiger partial charge in [-0.3, -0.25) is 9.59 Å². The average Bonchev–Trinajstić information content (AvgIpc) is 2.96. The first kappa shape index (κ1) is 20.4. The van der Waals surface area contributed by atoms with Crippen LogP contribution in [0.3, 0.4) is 0 Å². The van der Waals surface area contributed by atoms with Gasteiger partial charge in [-0.05, 0) is 61.9 Å². The van der Waals surface area contributed by atoms with Crippen molar-refractivity contribution in [1.29, 1.82) is 0 Å². The van der Waals surface area contributed by atoms with Gasteiger partial charge in [-0.25, -0.2) is 0 Å². The minimum absolute atomic E-state index is 0.239. The van der Waals surface area contributed by atoms with Crippen molar-refractivity contribution in [3.8, 4) is 11.5 Å². The summed E-state index contributed by atoms with van der Waals surface area (Å²) in [7, 11) is 0. The fourth-order valence-electron chi connectivity index (χ4n) is 2.76. The van der Waals surface area contributed by atoms with E-state index in [4.69, 9.17) is 26.8 Å². The summed E-state index contributed by atoms with van der Waals surface area (Å²) in [6.45, 7) is 3.77. The molecule has 150 valence electrons. The second-order valence-corrected chi connectivity index (χ2v) is 6.67. The SMILES string of the molecule is CCOc1cc(C=C2C(=O)N(c3ccc(Cl)cc3)N=C2C)ccc1OCC(N)=O. The fraction of sp³-hybridized carbons (Fsp3) is 0.190. The smallest absolute Gasteiger partial charge is 0.280 e. The number of carbonyl (C=O) groups excluding carboxylic acids is 2. The Morgan fingerprint density at radius 3 is 2.55 bits per heavy atom. The topological polar surface area (TPSA) is 94.2 Å². The molecule has 29 heavy (non-hydrogen) atoms. The Kier molecular flexibility index (Phi) is 6.19. The lowest BCUT2D eigenvalue weighted by atomic mass is 10.1. The molecule has 0 spiro atoms. The Bertz CT molecular complexity index is 999. The number of rotatable bonds is 7. The normalized spacial score (nSPS) is 14.9. The van der Waals surface area contributed by atoms with Crippen LogP contribution in [0.25, 0.3) is 6.08 Å². The number of primary amides is 1. The number of benzene rings is 2. The van der Waals surface area contributed by atoms with Crippen molar-refractivity contribution in [2.75, 3.05) is 18.2 Å². The molecule has 0 radical (unpaired) electrons. The molecule has 2 aromatic rings. The van der Waals surface area contributed by atoms with Crippen LogP contribution in [0.4, 0.5) is 5.69 Å². The maximum atomic E-state index is 12.9. The highest BCUT2D eigenvalue weighted by molar-refractivity contribution is 6.32. The molecule has 1 heterocycles. The van der Waals surface area contributed by atoms with Gasteiger partial charge in [0, 0.05) is 5.02 Å². The van der Waals surface area contributed by atoms with Crippen molar-refractivity contribution in [2.24, 2.45) is 10.8 Å². The second kappa shape index (κ2) is 8.79. The summed E-state index contributed by atoms with van der Waals surface area (Å²) in [5, 5.41) is 6.27. The average molecular weight is 414 g/mol. The number of carbonyl (C=O) groups is 2. The molecular formula is C21H20ClN3O4. The Balaban J connectivity index is 1.88. The van der Waals surface area contributed by atoms with Crippen LogP contribution in [0.5, 0.6) is 11.5 Å². The van der Waals surface area contributed by atoms with Crippen LogP contribution < -0.4 is 20.2 Å². The molecule has 3 rings (SSSR count). The summed E-state index contributed by atoms with van der Waals surface area (Å²) in [5.41, 5.74) is 7.55. The van der Waals surface area contributed by atoms with E-state index in [1.165, 1.54) is 5.01 Å². The monoisotopic (exact) mass is 413 g/mol. The molecule has 0 aliphatic carbocycles. The molecule has 0 unspecified atom stereocenters. The third-order valence-corrected chi connectivity index (χ3v) is 4.33. The molecule has 2 aromatic carbocycles. The molecule has 2 amide bonds. The van der Waals surface area contributed by atoms with Gasteiger partial charge in [0.15, 0.2) is 18.1 Å². The number of hydrogen-bond donors (Lipinski definition) is 1. The van der Waals surface area contributed by atoms with Gasteiger partial charge < -0.3 is 15.2 Å². The summed E-state index contributed by atoms with van der Waals surface area (Å²) in [6.07, 6.45) is 1.73. The van der Waals surface area contributed by atoms with Gasteiger partial charge in [0.2, 0.25) is 0 Å². The van der Waals surface area contributed by atoms with Crippen molar-refractivity contribution in [2.45, 2.75) is 13.8 Å². The van der Waals surface area contributed by atoms with E-state index in [0.29, 0.717) is 40.1 Å². The van der Waals surface area contributed by atoms with Crippen LogP contribution >= 0.6 is 11.6 Å². The van der Waals surface area contributed by atoms with Gasteiger partial charge in [0.25, 0.3) is 11.8 Å². The standard InChI is InChI=1S/C21H20ClN3O4/c1-3-28-19-11-14(4-9-18(19)29-12-20(23)26)10-17-13(2)24-25(21(17)27)16-7-5-15(22)6-8-16/h4-11H,3,12H2,1-2H3,(H2,23,26). The lowest BCUT2D eigenvalue weighted by Crippen LogP contribution is -2.21. The molecule has 0 fully saturated rings. The van der Waals surface area contributed by atoms with E-state index in [1.807, 2.05) is 6.92 Å². The number of hydrazone groups is 1. The lowest BCUT2D eigenvalue weighted by molar-refractivity contribution is -0.120.